The minimum Gasteiger partial charge on any atom is -0.468 e. The van der Waals surface area contributed by atoms with Gasteiger partial charge in [0.15, 0.2) is 11.1 Å². The van der Waals surface area contributed by atoms with E-state index in [0.717, 1.165) is 0 Å². The lowest BCUT2D eigenvalue weighted by Crippen LogP contribution is -2.35. The average molecular weight is 207 g/mol. The van der Waals surface area contributed by atoms with Crippen molar-refractivity contribution in [2.75, 3.05) is 12.9 Å². The summed E-state index contributed by atoms with van der Waals surface area (Å²) in [6.45, 7) is 4.93. The predicted octanol–water partition coefficient (Wildman–Crippen LogP) is -0.0812. The Hall–Kier alpha value is -0.720. The molecule has 0 saturated heterocycles. The molecule has 0 saturated carbocycles. The van der Waals surface area contributed by atoms with Crippen LogP contribution in [0.15, 0.2) is 12.7 Å². The van der Waals surface area contributed by atoms with E-state index in [1.807, 2.05) is 0 Å². The van der Waals surface area contributed by atoms with Crippen LogP contribution in [0.5, 0.6) is 0 Å². The largest absolute Gasteiger partial charge is 0.468 e. The molecule has 5 nitrogen and oxygen atoms in total. The topological polar surface area (TPSA) is 64.6 Å². The van der Waals surface area contributed by atoms with Gasteiger partial charge in [0.1, 0.15) is 6.04 Å². The lowest BCUT2D eigenvalue weighted by atomic mass is 10.4. The number of hydroxylamine groups is 1. The molecule has 0 rings (SSSR count). The first-order valence-corrected chi connectivity index (χ1v) is 4.86. The smallest absolute Gasteiger partial charge is 0.324 e. The zero-order chi connectivity index (χ0) is 10.3. The summed E-state index contributed by atoms with van der Waals surface area (Å²) in [6.07, 6.45) is 1.46. The van der Waals surface area contributed by atoms with Gasteiger partial charge >= 0.3 is 5.97 Å². The van der Waals surface area contributed by atoms with Crippen LogP contribution >= 0.6 is 0 Å². The van der Waals surface area contributed by atoms with Crippen LogP contribution in [-0.4, -0.2) is 29.1 Å². The van der Waals surface area contributed by atoms with Gasteiger partial charge in [0, 0.05) is 0 Å². The summed E-state index contributed by atoms with van der Waals surface area (Å²) in [4.78, 5) is 10.8. The van der Waals surface area contributed by atoms with Gasteiger partial charge in [0.05, 0.1) is 12.9 Å². The van der Waals surface area contributed by atoms with Crippen LogP contribution < -0.4 is 5.48 Å². The van der Waals surface area contributed by atoms with Gasteiger partial charge in [-0.2, -0.15) is 9.76 Å². The number of methoxy groups -OCH3 is 1. The number of hydrogen-bond acceptors (Lipinski definition) is 5. The lowest BCUT2D eigenvalue weighted by Gasteiger charge is -2.09. The highest BCUT2D eigenvalue weighted by atomic mass is 32.2. The molecule has 0 heterocycles. The SMILES string of the molecule is C=CCS(=O)ONC(C)C(=O)OC. The first kappa shape index (κ1) is 12.3. The second kappa shape index (κ2) is 6.76. The fourth-order valence-corrected chi connectivity index (χ4v) is 0.993. The molecule has 1 N–H and O–H groups in total. The lowest BCUT2D eigenvalue weighted by molar-refractivity contribution is -0.144. The molecule has 0 amide bonds. The summed E-state index contributed by atoms with van der Waals surface area (Å²) in [5.41, 5.74) is 2.30. The maximum atomic E-state index is 10.9. The van der Waals surface area contributed by atoms with Gasteiger partial charge in [-0.25, -0.2) is 4.21 Å². The van der Waals surface area contributed by atoms with Gasteiger partial charge < -0.3 is 4.74 Å². The van der Waals surface area contributed by atoms with Gasteiger partial charge in [0.2, 0.25) is 0 Å². The Balaban J connectivity index is 3.69. The van der Waals surface area contributed by atoms with Gasteiger partial charge in [-0.1, -0.05) is 6.08 Å². The van der Waals surface area contributed by atoms with Crippen molar-refractivity contribution in [3.63, 3.8) is 0 Å². The van der Waals surface area contributed by atoms with E-state index in [0.29, 0.717) is 0 Å². The Kier molecular flexibility index (Phi) is 6.38. The quantitative estimate of drug-likeness (QED) is 0.375. The first-order valence-electron chi connectivity index (χ1n) is 3.61. The number of ether oxygens (including phenoxy) is 1. The highest BCUT2D eigenvalue weighted by Crippen LogP contribution is 1.89. The van der Waals surface area contributed by atoms with Crippen molar-refractivity contribution in [1.82, 2.24) is 5.48 Å². The molecule has 13 heavy (non-hydrogen) atoms. The molecule has 0 bridgehead atoms. The monoisotopic (exact) mass is 207 g/mol. The number of carbonyl (C=O) groups excluding carboxylic acids is 1. The van der Waals surface area contributed by atoms with Crippen LogP contribution in [0.2, 0.25) is 0 Å². The molecule has 0 aliphatic carbocycles. The maximum absolute atomic E-state index is 10.9. The minimum absolute atomic E-state index is 0.209. The molecular formula is C7H13NO4S. The predicted molar refractivity (Wildman–Crippen MR) is 48.9 cm³/mol. The molecule has 0 aliphatic heterocycles. The van der Waals surface area contributed by atoms with Crippen LogP contribution in [0.3, 0.4) is 0 Å². The van der Waals surface area contributed by atoms with Gasteiger partial charge in [0.25, 0.3) is 0 Å². The second-order valence-corrected chi connectivity index (χ2v) is 3.31. The second-order valence-electron chi connectivity index (χ2n) is 2.21. The van der Waals surface area contributed by atoms with E-state index in [4.69, 9.17) is 0 Å². The molecule has 0 aliphatic rings. The Bertz CT molecular complexity index is 207. The molecule has 0 aromatic heterocycles. The summed E-state index contributed by atoms with van der Waals surface area (Å²) >= 11 is -1.50. The number of hydrogen-bond donors (Lipinski definition) is 1. The molecular weight excluding hydrogens is 194 g/mol. The van der Waals surface area contributed by atoms with E-state index in [1.165, 1.54) is 20.1 Å². The van der Waals surface area contributed by atoms with E-state index in [9.17, 15) is 9.00 Å². The Labute approximate surface area is 79.7 Å². The normalized spacial score (nSPS) is 14.6. The van der Waals surface area contributed by atoms with Crippen LogP contribution in [0.25, 0.3) is 0 Å². The number of carbonyl (C=O) groups is 1. The standard InChI is InChI=1S/C7H13NO4S/c1-4-5-13(10)12-8-6(2)7(9)11-3/h4,6,8H,1,5H2,2-3H3. The average Bonchev–Trinajstić information content (AvgIpc) is 2.13. The summed E-state index contributed by atoms with van der Waals surface area (Å²) in [5, 5.41) is 0. The Morgan fingerprint density at radius 2 is 2.38 bits per heavy atom. The van der Waals surface area contributed by atoms with Crippen molar-refractivity contribution in [2.45, 2.75) is 13.0 Å². The van der Waals surface area contributed by atoms with E-state index in [-0.39, 0.29) is 5.75 Å². The molecule has 0 aromatic carbocycles. The molecule has 6 heteroatoms. The maximum Gasteiger partial charge on any atom is 0.324 e. The van der Waals surface area contributed by atoms with Crippen molar-refractivity contribution in [2.24, 2.45) is 0 Å². The third-order valence-electron chi connectivity index (χ3n) is 1.13. The fourth-order valence-electron chi connectivity index (χ4n) is 0.481. The number of nitrogens with one attached hydrogen (secondary N) is 1. The van der Waals surface area contributed by atoms with Crippen LogP contribution in [0.1, 0.15) is 6.92 Å². The third kappa shape index (κ3) is 5.51. The van der Waals surface area contributed by atoms with Gasteiger partial charge in [-0.15, -0.1) is 6.58 Å². The molecule has 76 valence electrons. The zero-order valence-electron chi connectivity index (χ0n) is 7.61. The minimum atomic E-state index is -1.50. The number of esters is 1. The zero-order valence-corrected chi connectivity index (χ0v) is 8.43. The third-order valence-corrected chi connectivity index (χ3v) is 1.92. The summed E-state index contributed by atoms with van der Waals surface area (Å²) < 4.78 is 19.9. The molecule has 0 radical (unpaired) electrons. The summed E-state index contributed by atoms with van der Waals surface area (Å²) in [7, 11) is 1.27. The molecule has 0 fully saturated rings. The van der Waals surface area contributed by atoms with Crippen molar-refractivity contribution in [1.29, 1.82) is 0 Å². The van der Waals surface area contributed by atoms with Crippen molar-refractivity contribution in [3.8, 4) is 0 Å². The van der Waals surface area contributed by atoms with E-state index in [2.05, 4.69) is 21.1 Å². The van der Waals surface area contributed by atoms with Crippen molar-refractivity contribution < 1.29 is 18.0 Å². The van der Waals surface area contributed by atoms with Gasteiger partial charge in [-0.3, -0.25) is 4.79 Å². The highest BCUT2D eigenvalue weighted by molar-refractivity contribution is 7.80. The van der Waals surface area contributed by atoms with Crippen molar-refractivity contribution >= 4 is 17.0 Å². The van der Waals surface area contributed by atoms with Crippen LogP contribution in [0.4, 0.5) is 0 Å². The van der Waals surface area contributed by atoms with E-state index < -0.39 is 23.1 Å². The Morgan fingerprint density at radius 1 is 1.77 bits per heavy atom. The molecule has 0 aromatic rings. The summed E-state index contributed by atoms with van der Waals surface area (Å²) in [6, 6.07) is -0.640. The Morgan fingerprint density at radius 3 is 2.85 bits per heavy atom. The fraction of sp³-hybridized carbons (Fsp3) is 0.571. The van der Waals surface area contributed by atoms with Crippen LogP contribution in [0, 0.1) is 0 Å². The van der Waals surface area contributed by atoms with Gasteiger partial charge in [-0.05, 0) is 6.92 Å². The summed E-state index contributed by atoms with van der Waals surface area (Å²) in [5.74, 6) is -0.267. The number of rotatable bonds is 6. The highest BCUT2D eigenvalue weighted by Gasteiger charge is 2.13. The first-order chi connectivity index (χ1) is 6.11. The molecule has 2 atom stereocenters. The van der Waals surface area contributed by atoms with E-state index in [1.54, 1.807) is 0 Å². The van der Waals surface area contributed by atoms with Crippen molar-refractivity contribution in [3.05, 3.63) is 12.7 Å². The van der Waals surface area contributed by atoms with E-state index >= 15 is 0 Å². The molecule has 0 spiro atoms. The van der Waals surface area contributed by atoms with Crippen LogP contribution in [-0.2, 0) is 24.9 Å². The molecule has 2 unspecified atom stereocenters.